The van der Waals surface area contributed by atoms with Crippen molar-refractivity contribution in [2.75, 3.05) is 7.11 Å². The zero-order valence-corrected chi connectivity index (χ0v) is 8.75. The second-order valence-corrected chi connectivity index (χ2v) is 2.28. The highest BCUT2D eigenvalue weighted by molar-refractivity contribution is 8.93. The van der Waals surface area contributed by atoms with Crippen molar-refractivity contribution in [2.45, 2.75) is 6.92 Å². The topological polar surface area (TPSA) is 26.3 Å². The minimum absolute atomic E-state index is 0. The minimum atomic E-state index is 0. The van der Waals surface area contributed by atoms with E-state index in [0.717, 1.165) is 5.75 Å². The molecule has 2 nitrogen and oxygen atoms in total. The summed E-state index contributed by atoms with van der Waals surface area (Å²) in [5, 5.41) is 0. The lowest BCUT2D eigenvalue weighted by Crippen LogP contribution is -1.91. The summed E-state index contributed by atoms with van der Waals surface area (Å²) in [5.41, 5.74) is 0.714. The highest BCUT2D eigenvalue weighted by atomic mass is 79.9. The number of ether oxygens (including phenoxy) is 1. The van der Waals surface area contributed by atoms with Crippen LogP contribution in [0.2, 0.25) is 0 Å². The fourth-order valence-corrected chi connectivity index (χ4v) is 0.826. The van der Waals surface area contributed by atoms with E-state index in [2.05, 4.69) is 0 Å². The predicted octanol–water partition coefficient (Wildman–Crippen LogP) is 2.48. The average Bonchev–Trinajstić information content (AvgIpc) is 2.05. The monoisotopic (exact) mass is 230 g/mol. The van der Waals surface area contributed by atoms with Gasteiger partial charge in [-0.1, -0.05) is 0 Å². The summed E-state index contributed by atoms with van der Waals surface area (Å²) in [4.78, 5) is 10.8. The lowest BCUT2D eigenvalue weighted by atomic mass is 10.1. The number of carbonyl (C=O) groups is 1. The molecule has 66 valence electrons. The van der Waals surface area contributed by atoms with Gasteiger partial charge in [0, 0.05) is 5.56 Å². The first-order chi connectivity index (χ1) is 5.24. The van der Waals surface area contributed by atoms with Gasteiger partial charge in [0.25, 0.3) is 0 Å². The van der Waals surface area contributed by atoms with E-state index in [0.29, 0.717) is 5.56 Å². The maximum Gasteiger partial charge on any atom is 0.159 e. The molecule has 0 aliphatic carbocycles. The van der Waals surface area contributed by atoms with E-state index in [1.807, 2.05) is 0 Å². The number of ketones is 1. The Bertz CT molecular complexity index is 254. The van der Waals surface area contributed by atoms with Crippen LogP contribution in [0.1, 0.15) is 17.3 Å². The Labute approximate surface area is 82.3 Å². The number of hydrogen-bond donors (Lipinski definition) is 0. The van der Waals surface area contributed by atoms with Gasteiger partial charge in [0.2, 0.25) is 0 Å². The SMILES string of the molecule is Br.COc1ccc(C(C)=O)cc1. The molecule has 0 heterocycles. The Morgan fingerprint density at radius 1 is 1.25 bits per heavy atom. The third-order valence-electron chi connectivity index (χ3n) is 1.50. The van der Waals surface area contributed by atoms with Gasteiger partial charge in [-0.25, -0.2) is 0 Å². The highest BCUT2D eigenvalue weighted by Gasteiger charge is 1.97. The van der Waals surface area contributed by atoms with E-state index in [4.69, 9.17) is 4.74 Å². The predicted molar refractivity (Wildman–Crippen MR) is 53.3 cm³/mol. The summed E-state index contributed by atoms with van der Waals surface area (Å²) in [6, 6.07) is 7.05. The molecule has 0 radical (unpaired) electrons. The van der Waals surface area contributed by atoms with E-state index in [9.17, 15) is 4.79 Å². The van der Waals surface area contributed by atoms with E-state index >= 15 is 0 Å². The lowest BCUT2D eigenvalue weighted by Gasteiger charge is -1.98. The molecule has 0 spiro atoms. The van der Waals surface area contributed by atoms with Crippen LogP contribution in [0.4, 0.5) is 0 Å². The summed E-state index contributed by atoms with van der Waals surface area (Å²) >= 11 is 0. The fourth-order valence-electron chi connectivity index (χ4n) is 0.826. The number of carbonyl (C=O) groups excluding carboxylic acids is 1. The lowest BCUT2D eigenvalue weighted by molar-refractivity contribution is 0.101. The van der Waals surface area contributed by atoms with Gasteiger partial charge < -0.3 is 4.74 Å². The third-order valence-corrected chi connectivity index (χ3v) is 1.50. The molecule has 0 atom stereocenters. The number of benzene rings is 1. The Morgan fingerprint density at radius 2 is 1.75 bits per heavy atom. The summed E-state index contributed by atoms with van der Waals surface area (Å²) in [6.45, 7) is 1.54. The quantitative estimate of drug-likeness (QED) is 0.731. The molecule has 0 fully saturated rings. The number of Topliss-reactive ketones (excluding diaryl/α,β-unsaturated/α-hetero) is 1. The molecular formula is C9H11BrO2. The normalized spacial score (nSPS) is 8.50. The van der Waals surface area contributed by atoms with Gasteiger partial charge in [0.15, 0.2) is 5.78 Å². The van der Waals surface area contributed by atoms with Gasteiger partial charge in [-0.2, -0.15) is 0 Å². The van der Waals surface area contributed by atoms with Gasteiger partial charge in [0.1, 0.15) is 5.75 Å². The van der Waals surface area contributed by atoms with Gasteiger partial charge in [0.05, 0.1) is 7.11 Å². The Morgan fingerprint density at radius 3 is 2.08 bits per heavy atom. The molecule has 1 aromatic rings. The van der Waals surface area contributed by atoms with Gasteiger partial charge in [-0.15, -0.1) is 17.0 Å². The van der Waals surface area contributed by atoms with Crippen molar-refractivity contribution in [3.63, 3.8) is 0 Å². The molecule has 0 saturated heterocycles. The van der Waals surface area contributed by atoms with Gasteiger partial charge in [-0.3, -0.25) is 4.79 Å². The van der Waals surface area contributed by atoms with Gasteiger partial charge in [-0.05, 0) is 31.2 Å². The van der Waals surface area contributed by atoms with Crippen molar-refractivity contribution in [1.29, 1.82) is 0 Å². The maximum absolute atomic E-state index is 10.8. The first-order valence-corrected chi connectivity index (χ1v) is 3.39. The van der Waals surface area contributed by atoms with Crippen LogP contribution in [0.5, 0.6) is 5.75 Å². The standard InChI is InChI=1S/C9H10O2.BrH/c1-7(10)8-3-5-9(11-2)6-4-8;/h3-6H,1-2H3;1H. The molecule has 0 N–H and O–H groups in total. The van der Waals surface area contributed by atoms with Crippen LogP contribution in [-0.4, -0.2) is 12.9 Å². The van der Waals surface area contributed by atoms with Crippen molar-refractivity contribution in [1.82, 2.24) is 0 Å². The molecule has 0 unspecified atom stereocenters. The minimum Gasteiger partial charge on any atom is -0.497 e. The van der Waals surface area contributed by atoms with Crippen molar-refractivity contribution in [2.24, 2.45) is 0 Å². The average molecular weight is 231 g/mol. The number of methoxy groups -OCH3 is 1. The molecule has 0 aliphatic rings. The van der Waals surface area contributed by atoms with Crippen molar-refractivity contribution in [3.05, 3.63) is 29.8 Å². The molecule has 0 bridgehead atoms. The van der Waals surface area contributed by atoms with Crippen LogP contribution >= 0.6 is 17.0 Å². The zero-order valence-electron chi connectivity index (χ0n) is 7.03. The zero-order chi connectivity index (χ0) is 8.27. The highest BCUT2D eigenvalue weighted by Crippen LogP contribution is 2.11. The first-order valence-electron chi connectivity index (χ1n) is 3.39. The molecule has 1 rings (SSSR count). The number of halogens is 1. The second kappa shape index (κ2) is 4.93. The molecule has 0 aliphatic heterocycles. The molecule has 0 aromatic heterocycles. The van der Waals surface area contributed by atoms with Crippen molar-refractivity contribution < 1.29 is 9.53 Å². The van der Waals surface area contributed by atoms with Crippen LogP contribution in [0, 0.1) is 0 Å². The number of hydrogen-bond acceptors (Lipinski definition) is 2. The van der Waals surface area contributed by atoms with E-state index in [1.165, 1.54) is 0 Å². The van der Waals surface area contributed by atoms with Gasteiger partial charge >= 0.3 is 0 Å². The van der Waals surface area contributed by atoms with Crippen LogP contribution in [0.15, 0.2) is 24.3 Å². The van der Waals surface area contributed by atoms with Crippen LogP contribution < -0.4 is 4.74 Å². The maximum atomic E-state index is 10.8. The summed E-state index contributed by atoms with van der Waals surface area (Å²) < 4.78 is 4.94. The summed E-state index contributed by atoms with van der Waals surface area (Å²) in [6.07, 6.45) is 0. The molecule has 12 heavy (non-hydrogen) atoms. The number of rotatable bonds is 2. The Hall–Kier alpha value is -0.830. The smallest absolute Gasteiger partial charge is 0.159 e. The molecule has 3 heteroatoms. The molecular weight excluding hydrogens is 220 g/mol. The molecule has 1 aromatic carbocycles. The molecule has 0 amide bonds. The van der Waals surface area contributed by atoms with E-state index in [-0.39, 0.29) is 22.8 Å². The molecule has 0 saturated carbocycles. The largest absolute Gasteiger partial charge is 0.497 e. The Balaban J connectivity index is 0.00000121. The third kappa shape index (κ3) is 2.66. The van der Waals surface area contributed by atoms with Crippen molar-refractivity contribution in [3.8, 4) is 5.75 Å². The van der Waals surface area contributed by atoms with E-state index < -0.39 is 0 Å². The van der Waals surface area contributed by atoms with Crippen LogP contribution in [0.3, 0.4) is 0 Å². The second-order valence-electron chi connectivity index (χ2n) is 2.28. The summed E-state index contributed by atoms with van der Waals surface area (Å²) in [7, 11) is 1.60. The fraction of sp³-hybridized carbons (Fsp3) is 0.222. The van der Waals surface area contributed by atoms with Crippen LogP contribution in [-0.2, 0) is 0 Å². The summed E-state index contributed by atoms with van der Waals surface area (Å²) in [5.74, 6) is 0.850. The van der Waals surface area contributed by atoms with Crippen molar-refractivity contribution >= 4 is 22.8 Å². The first kappa shape index (κ1) is 11.2. The van der Waals surface area contributed by atoms with E-state index in [1.54, 1.807) is 38.3 Å². The Kier molecular flexibility index (Phi) is 4.59. The van der Waals surface area contributed by atoms with Crippen LogP contribution in [0.25, 0.3) is 0 Å².